The van der Waals surface area contributed by atoms with E-state index in [1.54, 1.807) is 12.1 Å². The Morgan fingerprint density at radius 1 is 1.38 bits per heavy atom. The monoisotopic (exact) mass is 179 g/mol. The highest BCUT2D eigenvalue weighted by Gasteiger charge is 2.01. The van der Waals surface area contributed by atoms with Crippen molar-refractivity contribution >= 4 is 5.84 Å². The summed E-state index contributed by atoms with van der Waals surface area (Å²) in [5, 5.41) is 11.3. The van der Waals surface area contributed by atoms with Crippen LogP contribution in [-0.2, 0) is 0 Å². The van der Waals surface area contributed by atoms with Crippen molar-refractivity contribution in [1.29, 1.82) is 0 Å². The Labute approximate surface area is 76.8 Å². The average molecular weight is 179 g/mol. The first kappa shape index (κ1) is 9.54. The van der Waals surface area contributed by atoms with Gasteiger partial charge in [0.1, 0.15) is 0 Å². The quantitative estimate of drug-likeness (QED) is 0.272. The number of amidine groups is 1. The minimum atomic E-state index is 0.00124. The van der Waals surface area contributed by atoms with Crippen molar-refractivity contribution in [2.45, 2.75) is 13.0 Å². The molecule has 0 saturated carbocycles. The van der Waals surface area contributed by atoms with Gasteiger partial charge in [0.05, 0.1) is 0 Å². The van der Waals surface area contributed by atoms with Crippen LogP contribution in [0, 0.1) is 0 Å². The molecule has 0 spiro atoms. The van der Waals surface area contributed by atoms with Crippen LogP contribution in [0.4, 0.5) is 0 Å². The first-order valence-electron chi connectivity index (χ1n) is 3.98. The molecule has 1 aromatic carbocycles. The number of oxime groups is 1. The van der Waals surface area contributed by atoms with Gasteiger partial charge in [-0.3, -0.25) is 0 Å². The standard InChI is InChI=1S/C9H13N3O/c1-6(10)7-2-4-8(5-3-7)9(11)12-13/h2-6,13H,10H2,1H3,(H2,11,12). The van der Waals surface area contributed by atoms with E-state index in [0.717, 1.165) is 5.56 Å². The fourth-order valence-corrected chi connectivity index (χ4v) is 1.02. The molecule has 0 radical (unpaired) electrons. The summed E-state index contributed by atoms with van der Waals surface area (Å²) in [6.07, 6.45) is 0. The lowest BCUT2D eigenvalue weighted by Gasteiger charge is -2.05. The highest BCUT2D eigenvalue weighted by molar-refractivity contribution is 5.96. The number of nitrogens with zero attached hydrogens (tertiary/aromatic N) is 1. The van der Waals surface area contributed by atoms with Gasteiger partial charge in [0.15, 0.2) is 5.84 Å². The fraction of sp³-hybridized carbons (Fsp3) is 0.222. The lowest BCUT2D eigenvalue weighted by Crippen LogP contribution is -2.13. The summed E-state index contributed by atoms with van der Waals surface area (Å²) < 4.78 is 0. The Morgan fingerprint density at radius 3 is 2.31 bits per heavy atom. The van der Waals surface area contributed by atoms with E-state index in [1.807, 2.05) is 19.1 Å². The molecule has 70 valence electrons. The molecule has 4 nitrogen and oxygen atoms in total. The van der Waals surface area contributed by atoms with Crippen molar-refractivity contribution in [2.24, 2.45) is 16.6 Å². The first-order chi connectivity index (χ1) is 6.15. The van der Waals surface area contributed by atoms with Gasteiger partial charge in [-0.2, -0.15) is 0 Å². The molecule has 0 aliphatic heterocycles. The van der Waals surface area contributed by atoms with Crippen LogP contribution in [0.15, 0.2) is 29.4 Å². The van der Waals surface area contributed by atoms with Gasteiger partial charge < -0.3 is 16.7 Å². The molecule has 0 fully saturated rings. The maximum atomic E-state index is 8.40. The highest BCUT2D eigenvalue weighted by atomic mass is 16.4. The molecule has 13 heavy (non-hydrogen) atoms. The third-order valence-electron chi connectivity index (χ3n) is 1.84. The Morgan fingerprint density at radius 2 is 1.92 bits per heavy atom. The third kappa shape index (κ3) is 2.19. The molecule has 0 aromatic heterocycles. The molecule has 0 saturated heterocycles. The maximum absolute atomic E-state index is 8.40. The fourth-order valence-electron chi connectivity index (χ4n) is 1.02. The molecule has 5 N–H and O–H groups in total. The number of benzene rings is 1. The van der Waals surface area contributed by atoms with Crippen LogP contribution in [0.25, 0.3) is 0 Å². The van der Waals surface area contributed by atoms with Crippen molar-refractivity contribution in [2.75, 3.05) is 0 Å². The molecule has 1 unspecified atom stereocenters. The van der Waals surface area contributed by atoms with Crippen molar-refractivity contribution in [3.05, 3.63) is 35.4 Å². The van der Waals surface area contributed by atoms with E-state index >= 15 is 0 Å². The molecule has 0 aliphatic rings. The van der Waals surface area contributed by atoms with Gasteiger partial charge in [0.2, 0.25) is 0 Å². The summed E-state index contributed by atoms with van der Waals surface area (Å²) in [5.41, 5.74) is 12.8. The van der Waals surface area contributed by atoms with E-state index in [1.165, 1.54) is 0 Å². The lowest BCUT2D eigenvalue weighted by molar-refractivity contribution is 0.318. The molecule has 0 aliphatic carbocycles. The van der Waals surface area contributed by atoms with Crippen LogP contribution in [-0.4, -0.2) is 11.0 Å². The molecule has 1 rings (SSSR count). The molecule has 1 aromatic rings. The molecule has 1 atom stereocenters. The minimum absolute atomic E-state index is 0.00124. The molecule has 0 bridgehead atoms. The molecular weight excluding hydrogens is 166 g/mol. The summed E-state index contributed by atoms with van der Waals surface area (Å²) >= 11 is 0. The van der Waals surface area contributed by atoms with E-state index in [2.05, 4.69) is 5.16 Å². The molecule has 0 amide bonds. The molecular formula is C9H13N3O. The second-order valence-electron chi connectivity index (χ2n) is 2.90. The van der Waals surface area contributed by atoms with Gasteiger partial charge >= 0.3 is 0 Å². The normalized spacial score (nSPS) is 14.2. The van der Waals surface area contributed by atoms with E-state index < -0.39 is 0 Å². The average Bonchev–Trinajstić information content (AvgIpc) is 2.17. The summed E-state index contributed by atoms with van der Waals surface area (Å²) in [6.45, 7) is 1.90. The highest BCUT2D eigenvalue weighted by Crippen LogP contribution is 2.10. The Balaban J connectivity index is 2.94. The Bertz CT molecular complexity index is 303. The van der Waals surface area contributed by atoms with Crippen LogP contribution < -0.4 is 11.5 Å². The summed E-state index contributed by atoms with van der Waals surface area (Å²) in [5.74, 6) is 0.108. The van der Waals surface area contributed by atoms with E-state index in [0.29, 0.717) is 5.56 Å². The maximum Gasteiger partial charge on any atom is 0.170 e. The summed E-state index contributed by atoms with van der Waals surface area (Å²) in [7, 11) is 0. The zero-order valence-electron chi connectivity index (χ0n) is 7.44. The van der Waals surface area contributed by atoms with E-state index in [-0.39, 0.29) is 11.9 Å². The van der Waals surface area contributed by atoms with Crippen molar-refractivity contribution < 1.29 is 5.21 Å². The number of nitrogens with two attached hydrogens (primary N) is 2. The van der Waals surface area contributed by atoms with Crippen LogP contribution in [0.1, 0.15) is 24.1 Å². The van der Waals surface area contributed by atoms with Gasteiger partial charge in [-0.25, -0.2) is 0 Å². The Hall–Kier alpha value is -1.55. The van der Waals surface area contributed by atoms with Crippen LogP contribution in [0.5, 0.6) is 0 Å². The van der Waals surface area contributed by atoms with Gasteiger partial charge in [0, 0.05) is 11.6 Å². The Kier molecular flexibility index (Phi) is 2.87. The first-order valence-corrected chi connectivity index (χ1v) is 3.98. The number of hydrogen-bond donors (Lipinski definition) is 3. The predicted molar refractivity (Wildman–Crippen MR) is 51.6 cm³/mol. The van der Waals surface area contributed by atoms with Crippen LogP contribution >= 0.6 is 0 Å². The second-order valence-corrected chi connectivity index (χ2v) is 2.90. The van der Waals surface area contributed by atoms with Crippen LogP contribution in [0.3, 0.4) is 0 Å². The largest absolute Gasteiger partial charge is 0.409 e. The minimum Gasteiger partial charge on any atom is -0.409 e. The second kappa shape index (κ2) is 3.91. The topological polar surface area (TPSA) is 84.6 Å². The molecule has 4 heteroatoms. The SMILES string of the molecule is CC(N)c1ccc(/C(N)=N/O)cc1. The summed E-state index contributed by atoms with van der Waals surface area (Å²) in [4.78, 5) is 0. The molecule has 0 heterocycles. The number of hydrogen-bond acceptors (Lipinski definition) is 3. The number of rotatable bonds is 2. The van der Waals surface area contributed by atoms with Gasteiger partial charge in [-0.05, 0) is 12.5 Å². The zero-order chi connectivity index (χ0) is 9.84. The third-order valence-corrected chi connectivity index (χ3v) is 1.84. The lowest BCUT2D eigenvalue weighted by atomic mass is 10.1. The van der Waals surface area contributed by atoms with Crippen molar-refractivity contribution in [3.8, 4) is 0 Å². The smallest absolute Gasteiger partial charge is 0.170 e. The summed E-state index contributed by atoms with van der Waals surface area (Å²) in [6, 6.07) is 7.26. The van der Waals surface area contributed by atoms with Gasteiger partial charge in [-0.15, -0.1) is 0 Å². The van der Waals surface area contributed by atoms with E-state index in [9.17, 15) is 0 Å². The van der Waals surface area contributed by atoms with E-state index in [4.69, 9.17) is 16.7 Å². The van der Waals surface area contributed by atoms with Gasteiger partial charge in [0.25, 0.3) is 0 Å². The van der Waals surface area contributed by atoms with Crippen LogP contribution in [0.2, 0.25) is 0 Å². The van der Waals surface area contributed by atoms with Gasteiger partial charge in [-0.1, -0.05) is 29.4 Å². The predicted octanol–water partition coefficient (Wildman–Crippen LogP) is 0.801. The van der Waals surface area contributed by atoms with Crippen molar-refractivity contribution in [1.82, 2.24) is 0 Å². The van der Waals surface area contributed by atoms with Crippen molar-refractivity contribution in [3.63, 3.8) is 0 Å². The zero-order valence-corrected chi connectivity index (χ0v) is 7.44.